The topological polar surface area (TPSA) is 41.3 Å². The normalized spacial score (nSPS) is 11.5. The van der Waals surface area contributed by atoms with E-state index in [0.717, 1.165) is 25.3 Å². The van der Waals surface area contributed by atoms with Gasteiger partial charge in [-0.1, -0.05) is 0 Å². The Morgan fingerprint density at radius 2 is 2.27 bits per heavy atom. The maximum absolute atomic E-state index is 5.79. The van der Waals surface area contributed by atoms with Crippen molar-refractivity contribution in [2.24, 2.45) is 0 Å². The van der Waals surface area contributed by atoms with E-state index >= 15 is 0 Å². The molecule has 0 aliphatic rings. The van der Waals surface area contributed by atoms with Gasteiger partial charge in [0.05, 0.1) is 0 Å². The van der Waals surface area contributed by atoms with E-state index in [1.807, 2.05) is 11.4 Å². The van der Waals surface area contributed by atoms with Crippen LogP contribution in [0.15, 0.2) is 11.4 Å². The van der Waals surface area contributed by atoms with Crippen molar-refractivity contribution < 1.29 is 0 Å². The second-order valence-electron chi connectivity index (χ2n) is 4.05. The second kappa shape index (κ2) is 6.10. The third-order valence-corrected chi connectivity index (χ3v) is 3.52. The highest BCUT2D eigenvalue weighted by Crippen LogP contribution is 2.17. The minimum absolute atomic E-state index is 0.610. The number of hydrogen-bond donors (Lipinski definition) is 2. The zero-order chi connectivity index (χ0) is 11.3. The maximum atomic E-state index is 5.79. The van der Waals surface area contributed by atoms with Crippen LogP contribution in [0.25, 0.3) is 0 Å². The lowest BCUT2D eigenvalue weighted by Crippen LogP contribution is -2.33. The van der Waals surface area contributed by atoms with Crippen LogP contribution in [0.3, 0.4) is 0 Å². The minimum atomic E-state index is 0.610. The summed E-state index contributed by atoms with van der Waals surface area (Å²) in [5.74, 6) is 0. The summed E-state index contributed by atoms with van der Waals surface area (Å²) in [5, 5.41) is 5.44. The van der Waals surface area contributed by atoms with E-state index < -0.39 is 0 Å². The summed E-state index contributed by atoms with van der Waals surface area (Å²) in [5.41, 5.74) is 6.70. The van der Waals surface area contributed by atoms with Crippen molar-refractivity contribution in [3.05, 3.63) is 16.3 Å². The van der Waals surface area contributed by atoms with Gasteiger partial charge in [-0.15, -0.1) is 11.3 Å². The van der Waals surface area contributed by atoms with Crippen molar-refractivity contribution in [1.29, 1.82) is 0 Å². The molecule has 0 aliphatic carbocycles. The van der Waals surface area contributed by atoms with Gasteiger partial charge in [-0.2, -0.15) is 0 Å². The summed E-state index contributed by atoms with van der Waals surface area (Å²) >= 11 is 1.71. The molecule has 4 heteroatoms. The summed E-state index contributed by atoms with van der Waals surface area (Å²) < 4.78 is 0. The number of nitrogen functional groups attached to an aromatic ring is 1. The number of thiophene rings is 1. The van der Waals surface area contributed by atoms with E-state index in [0.29, 0.717) is 6.04 Å². The molecule has 0 aromatic carbocycles. The SMILES string of the molecule is CC(C)N(C)CCNCc1sccc1N. The fraction of sp³-hybridized carbons (Fsp3) is 0.636. The molecule has 1 aromatic heterocycles. The number of anilines is 1. The van der Waals surface area contributed by atoms with Crippen LogP contribution in [-0.2, 0) is 6.54 Å². The molecule has 0 fully saturated rings. The number of nitrogens with zero attached hydrogens (tertiary/aromatic N) is 1. The Labute approximate surface area is 96.3 Å². The quantitative estimate of drug-likeness (QED) is 0.728. The van der Waals surface area contributed by atoms with Gasteiger partial charge in [0, 0.05) is 36.2 Å². The Morgan fingerprint density at radius 3 is 2.80 bits per heavy atom. The van der Waals surface area contributed by atoms with Gasteiger partial charge >= 0.3 is 0 Å². The number of likely N-dealkylation sites (N-methyl/N-ethyl adjacent to an activating group) is 1. The van der Waals surface area contributed by atoms with Crippen LogP contribution >= 0.6 is 11.3 Å². The predicted octanol–water partition coefficient (Wildman–Crippen LogP) is 1.76. The van der Waals surface area contributed by atoms with Crippen molar-refractivity contribution >= 4 is 17.0 Å². The van der Waals surface area contributed by atoms with E-state index in [1.165, 1.54) is 4.88 Å². The average molecular weight is 227 g/mol. The molecule has 0 atom stereocenters. The highest BCUT2D eigenvalue weighted by molar-refractivity contribution is 7.10. The average Bonchev–Trinajstić information content (AvgIpc) is 2.58. The van der Waals surface area contributed by atoms with Gasteiger partial charge in [-0.05, 0) is 32.3 Å². The Hall–Kier alpha value is -0.580. The molecule has 1 rings (SSSR count). The van der Waals surface area contributed by atoms with Crippen LogP contribution in [0, 0.1) is 0 Å². The second-order valence-corrected chi connectivity index (χ2v) is 5.05. The molecule has 86 valence electrons. The molecule has 0 bridgehead atoms. The van der Waals surface area contributed by atoms with E-state index in [-0.39, 0.29) is 0 Å². The van der Waals surface area contributed by atoms with E-state index in [9.17, 15) is 0 Å². The predicted molar refractivity (Wildman–Crippen MR) is 68.2 cm³/mol. The molecule has 1 heterocycles. The fourth-order valence-electron chi connectivity index (χ4n) is 1.21. The Balaban J connectivity index is 2.15. The Bertz CT molecular complexity index is 283. The largest absolute Gasteiger partial charge is 0.398 e. The molecule has 15 heavy (non-hydrogen) atoms. The molecule has 0 saturated heterocycles. The zero-order valence-electron chi connectivity index (χ0n) is 9.79. The van der Waals surface area contributed by atoms with E-state index in [2.05, 4.69) is 31.1 Å². The van der Waals surface area contributed by atoms with Crippen molar-refractivity contribution in [2.75, 3.05) is 25.9 Å². The Morgan fingerprint density at radius 1 is 1.53 bits per heavy atom. The molecule has 1 aromatic rings. The van der Waals surface area contributed by atoms with Crippen LogP contribution in [0.1, 0.15) is 18.7 Å². The van der Waals surface area contributed by atoms with Crippen molar-refractivity contribution in [3.8, 4) is 0 Å². The van der Waals surface area contributed by atoms with Gasteiger partial charge < -0.3 is 16.0 Å². The molecular weight excluding hydrogens is 206 g/mol. The van der Waals surface area contributed by atoms with Crippen molar-refractivity contribution in [2.45, 2.75) is 26.4 Å². The molecule has 3 N–H and O–H groups in total. The summed E-state index contributed by atoms with van der Waals surface area (Å²) in [6, 6.07) is 2.57. The maximum Gasteiger partial charge on any atom is 0.0468 e. The zero-order valence-corrected chi connectivity index (χ0v) is 10.6. The van der Waals surface area contributed by atoms with Crippen LogP contribution in [0.2, 0.25) is 0 Å². The highest BCUT2D eigenvalue weighted by atomic mass is 32.1. The monoisotopic (exact) mass is 227 g/mol. The molecule has 3 nitrogen and oxygen atoms in total. The number of rotatable bonds is 6. The lowest BCUT2D eigenvalue weighted by atomic mass is 10.3. The molecule has 0 spiro atoms. The molecule has 0 saturated carbocycles. The summed E-state index contributed by atoms with van der Waals surface area (Å²) in [6.07, 6.45) is 0. The van der Waals surface area contributed by atoms with Crippen molar-refractivity contribution in [1.82, 2.24) is 10.2 Å². The van der Waals surface area contributed by atoms with Crippen LogP contribution in [0.4, 0.5) is 5.69 Å². The van der Waals surface area contributed by atoms with Gasteiger partial charge in [0.15, 0.2) is 0 Å². The van der Waals surface area contributed by atoms with Crippen LogP contribution < -0.4 is 11.1 Å². The third kappa shape index (κ3) is 4.20. The first kappa shape index (κ1) is 12.5. The lowest BCUT2D eigenvalue weighted by molar-refractivity contribution is 0.273. The fourth-order valence-corrected chi connectivity index (χ4v) is 1.98. The van der Waals surface area contributed by atoms with Gasteiger partial charge in [0.2, 0.25) is 0 Å². The summed E-state index contributed by atoms with van der Waals surface area (Å²) in [7, 11) is 2.14. The Kier molecular flexibility index (Phi) is 5.08. The third-order valence-electron chi connectivity index (χ3n) is 2.59. The molecular formula is C11H21N3S. The van der Waals surface area contributed by atoms with Gasteiger partial charge in [-0.25, -0.2) is 0 Å². The number of nitrogens with one attached hydrogen (secondary N) is 1. The first-order chi connectivity index (χ1) is 7.11. The van der Waals surface area contributed by atoms with E-state index in [1.54, 1.807) is 11.3 Å². The van der Waals surface area contributed by atoms with Gasteiger partial charge in [0.25, 0.3) is 0 Å². The van der Waals surface area contributed by atoms with Crippen molar-refractivity contribution in [3.63, 3.8) is 0 Å². The first-order valence-electron chi connectivity index (χ1n) is 5.34. The highest BCUT2D eigenvalue weighted by Gasteiger charge is 2.03. The minimum Gasteiger partial charge on any atom is -0.398 e. The lowest BCUT2D eigenvalue weighted by Gasteiger charge is -2.20. The molecule has 0 aliphatic heterocycles. The summed E-state index contributed by atoms with van der Waals surface area (Å²) in [6.45, 7) is 7.37. The molecule has 0 amide bonds. The van der Waals surface area contributed by atoms with Gasteiger partial charge in [0.1, 0.15) is 0 Å². The van der Waals surface area contributed by atoms with Crippen LogP contribution in [0.5, 0.6) is 0 Å². The summed E-state index contributed by atoms with van der Waals surface area (Å²) in [4.78, 5) is 3.56. The first-order valence-corrected chi connectivity index (χ1v) is 6.22. The van der Waals surface area contributed by atoms with Crippen LogP contribution in [-0.4, -0.2) is 31.1 Å². The molecule has 0 radical (unpaired) electrons. The standard InChI is InChI=1S/C11H21N3S/c1-9(2)14(3)6-5-13-8-11-10(12)4-7-15-11/h4,7,9,13H,5-6,8,12H2,1-3H3. The number of hydrogen-bond acceptors (Lipinski definition) is 4. The molecule has 0 unspecified atom stereocenters. The van der Waals surface area contributed by atoms with E-state index in [4.69, 9.17) is 5.73 Å². The smallest absolute Gasteiger partial charge is 0.0468 e. The number of nitrogens with two attached hydrogens (primary N) is 1. The van der Waals surface area contributed by atoms with Gasteiger partial charge in [-0.3, -0.25) is 0 Å².